The monoisotopic (exact) mass is 414 g/mol. The van der Waals surface area contributed by atoms with Crippen molar-refractivity contribution in [3.8, 4) is 0 Å². The summed E-state index contributed by atoms with van der Waals surface area (Å²) in [5, 5.41) is 0. The Balaban J connectivity index is 0. The second kappa shape index (κ2) is 21.9. The van der Waals surface area contributed by atoms with Crippen molar-refractivity contribution in [1.82, 2.24) is 0 Å². The van der Waals surface area contributed by atoms with Crippen LogP contribution in [-0.4, -0.2) is 0 Å². The van der Waals surface area contributed by atoms with Gasteiger partial charge in [-0.25, -0.2) is 0 Å². The first-order valence-corrected chi connectivity index (χ1v) is 9.64. The molecule has 0 aromatic rings. The molecule has 0 aliphatic heterocycles. The minimum atomic E-state index is 0. The topological polar surface area (TPSA) is 0 Å². The smallest absolute Gasteiger partial charge is 0 e. The third-order valence-electron chi connectivity index (χ3n) is 2.67. The molecular formula is C16H26Cl2Cu2+. The van der Waals surface area contributed by atoms with Crippen LogP contribution in [0, 0.1) is 20.2 Å². The first-order chi connectivity index (χ1) is 9.41. The Bertz CT molecular complexity index is 204. The summed E-state index contributed by atoms with van der Waals surface area (Å²) < 4.78 is 0. The molecule has 0 bridgehead atoms. The first kappa shape index (κ1) is 22.9. The predicted molar refractivity (Wildman–Crippen MR) is 76.3 cm³/mol. The fourth-order valence-corrected chi connectivity index (χ4v) is 1.71. The van der Waals surface area contributed by atoms with E-state index in [1.54, 1.807) is 0 Å². The Hall–Kier alpha value is 0.579. The van der Waals surface area contributed by atoms with E-state index in [1.165, 1.54) is 51.4 Å². The molecule has 4 heteroatoms. The van der Waals surface area contributed by atoms with Crippen LogP contribution >= 0.6 is 0 Å². The Kier molecular flexibility index (Phi) is 25.0. The van der Waals surface area contributed by atoms with E-state index in [2.05, 4.69) is 68.8 Å². The molecular weight excluding hydrogens is 390 g/mol. The molecule has 0 heterocycles. The van der Waals surface area contributed by atoms with Gasteiger partial charge < -0.3 is 0 Å². The van der Waals surface area contributed by atoms with E-state index in [9.17, 15) is 0 Å². The van der Waals surface area contributed by atoms with E-state index < -0.39 is 0 Å². The van der Waals surface area contributed by atoms with Gasteiger partial charge in [0, 0.05) is 17.1 Å². The van der Waals surface area contributed by atoms with Gasteiger partial charge in [-0.2, -0.15) is 0 Å². The molecule has 1 radical (unpaired) electrons. The maximum atomic E-state index is 4.11. The Morgan fingerprint density at radius 2 is 0.550 bits per heavy atom. The van der Waals surface area contributed by atoms with Crippen LogP contribution in [0.4, 0.5) is 0 Å². The van der Waals surface area contributed by atoms with Crippen LogP contribution in [-0.2, 0) is 30.2 Å². The van der Waals surface area contributed by atoms with Crippen LogP contribution in [0.25, 0.3) is 0 Å². The van der Waals surface area contributed by atoms with Crippen molar-refractivity contribution in [2.75, 3.05) is 0 Å². The molecule has 125 valence electrons. The predicted octanol–water partition coefficient (Wildman–Crippen LogP) is 4.81. The van der Waals surface area contributed by atoms with E-state index >= 15 is 0 Å². The Morgan fingerprint density at radius 3 is 0.650 bits per heavy atom. The standard InChI is InChI=1S/2C8H12.2ClH.2Cu/c2*1-2-4-6-8-7-5-3-1;;;;/h2*1-2,7-8H,3-6H2;2*1H;;/q;;;;;+1/b2*2-1-,8-7-;;;;. The van der Waals surface area contributed by atoms with Crippen LogP contribution < -0.4 is 0 Å². The third-order valence-corrected chi connectivity index (χ3v) is 2.67. The van der Waals surface area contributed by atoms with Gasteiger partial charge >= 0.3 is 33.3 Å². The SMILES string of the molecule is C1=C\CC/C=C\CC/1.C1=C\CC/C=C\CC/1.[ClH+][Cu-][ClH+].[Cu]. The van der Waals surface area contributed by atoms with Gasteiger partial charge in [0.25, 0.3) is 0 Å². The summed E-state index contributed by atoms with van der Waals surface area (Å²) >= 11 is 0.979. The summed E-state index contributed by atoms with van der Waals surface area (Å²) in [7, 11) is 8.23. The fraction of sp³-hybridized carbons (Fsp3) is 0.500. The number of allylic oxidation sites excluding steroid dienone is 8. The fourth-order valence-electron chi connectivity index (χ4n) is 1.71. The molecule has 0 atom stereocenters. The summed E-state index contributed by atoms with van der Waals surface area (Å²) in [5.41, 5.74) is 0. The molecule has 2 aliphatic carbocycles. The van der Waals surface area contributed by atoms with Crippen molar-refractivity contribution in [1.29, 1.82) is 0 Å². The van der Waals surface area contributed by atoms with E-state index in [0.717, 1.165) is 13.1 Å². The number of halogens is 2. The molecule has 0 unspecified atom stereocenters. The van der Waals surface area contributed by atoms with Gasteiger partial charge in [-0.3, -0.25) is 0 Å². The maximum Gasteiger partial charge on any atom is 0 e. The molecule has 20 heavy (non-hydrogen) atoms. The van der Waals surface area contributed by atoms with Crippen molar-refractivity contribution in [3.63, 3.8) is 0 Å². The summed E-state index contributed by atoms with van der Waals surface area (Å²) in [6.07, 6.45) is 28.0. The molecule has 0 aromatic heterocycles. The van der Waals surface area contributed by atoms with Gasteiger partial charge in [0.15, 0.2) is 0 Å². The van der Waals surface area contributed by atoms with Gasteiger partial charge in [-0.15, -0.1) is 0 Å². The zero-order valence-electron chi connectivity index (χ0n) is 11.7. The molecule has 0 N–H and O–H groups in total. The second-order valence-electron chi connectivity index (χ2n) is 4.25. The summed E-state index contributed by atoms with van der Waals surface area (Å²) in [6, 6.07) is 0. The molecule has 0 spiro atoms. The normalized spacial score (nSPS) is 23.5. The quantitative estimate of drug-likeness (QED) is 0.393. The minimum Gasteiger partial charge on any atom is 0 e. The van der Waals surface area contributed by atoms with E-state index in [-0.39, 0.29) is 17.1 Å². The second-order valence-corrected chi connectivity index (χ2v) is 6.06. The largest absolute Gasteiger partial charge is 0 e. The summed E-state index contributed by atoms with van der Waals surface area (Å²) in [6.45, 7) is 0. The van der Waals surface area contributed by atoms with E-state index in [4.69, 9.17) is 0 Å². The van der Waals surface area contributed by atoms with Crippen LogP contribution in [0.2, 0.25) is 0 Å². The third kappa shape index (κ3) is 20.9. The van der Waals surface area contributed by atoms with Crippen molar-refractivity contribution in [2.24, 2.45) is 0 Å². The Morgan fingerprint density at radius 1 is 0.450 bits per heavy atom. The van der Waals surface area contributed by atoms with Crippen LogP contribution in [0.3, 0.4) is 0 Å². The molecule has 0 saturated carbocycles. The van der Waals surface area contributed by atoms with Crippen molar-refractivity contribution in [2.45, 2.75) is 51.4 Å². The molecule has 2 aliphatic rings. The molecule has 0 aromatic carbocycles. The number of hydrogen-bond donors (Lipinski definition) is 0. The summed E-state index contributed by atoms with van der Waals surface area (Å²) in [4.78, 5) is 0. The summed E-state index contributed by atoms with van der Waals surface area (Å²) in [5.74, 6) is 0. The molecule has 0 amide bonds. The average molecular weight is 416 g/mol. The average Bonchev–Trinajstić information content (AvgIpc) is 2.28. The maximum absolute atomic E-state index is 4.11. The molecule has 0 nitrogen and oxygen atoms in total. The van der Waals surface area contributed by atoms with E-state index in [1.807, 2.05) is 0 Å². The van der Waals surface area contributed by atoms with Gasteiger partial charge in [0.2, 0.25) is 0 Å². The zero-order valence-corrected chi connectivity index (χ0v) is 15.2. The van der Waals surface area contributed by atoms with Crippen molar-refractivity contribution >= 4 is 0 Å². The number of rotatable bonds is 0. The van der Waals surface area contributed by atoms with Crippen LogP contribution in [0.5, 0.6) is 0 Å². The van der Waals surface area contributed by atoms with Crippen molar-refractivity contribution < 1.29 is 50.4 Å². The zero-order chi connectivity index (χ0) is 14.0. The minimum absolute atomic E-state index is 0. The van der Waals surface area contributed by atoms with Gasteiger partial charge in [-0.05, 0) is 51.4 Å². The van der Waals surface area contributed by atoms with Gasteiger partial charge in [0.05, 0.1) is 0 Å². The van der Waals surface area contributed by atoms with Gasteiger partial charge in [-0.1, -0.05) is 48.6 Å². The van der Waals surface area contributed by atoms with E-state index in [0.29, 0.717) is 0 Å². The van der Waals surface area contributed by atoms with Gasteiger partial charge in [0.1, 0.15) is 0 Å². The molecule has 0 saturated heterocycles. The van der Waals surface area contributed by atoms with Crippen molar-refractivity contribution in [3.05, 3.63) is 48.6 Å². The molecule has 0 fully saturated rings. The van der Waals surface area contributed by atoms with Crippen LogP contribution in [0.1, 0.15) is 51.4 Å². The Labute approximate surface area is 149 Å². The molecule has 2 rings (SSSR count). The van der Waals surface area contributed by atoms with Crippen LogP contribution in [0.15, 0.2) is 48.6 Å². The first-order valence-electron chi connectivity index (χ1n) is 6.85. The number of hydrogen-bond acceptors (Lipinski definition) is 0.